The van der Waals surface area contributed by atoms with Crippen molar-refractivity contribution in [3.05, 3.63) is 177 Å². The lowest BCUT2D eigenvalue weighted by Gasteiger charge is -2.30. The molecule has 2 aliphatic rings. The minimum Gasteiger partial charge on any atom is -0.294 e. The minimum atomic E-state index is -0.378. The predicted octanol–water partition coefficient (Wildman–Crippen LogP) is 9.88. The Labute approximate surface area is 248 Å². The molecule has 0 N–H and O–H groups in total. The fourth-order valence-electron chi connectivity index (χ4n) is 7.22. The third-order valence-corrected chi connectivity index (χ3v) is 9.37. The van der Waals surface area contributed by atoms with E-state index in [2.05, 4.69) is 125 Å². The van der Waals surface area contributed by atoms with Crippen LogP contribution >= 0.6 is 15.9 Å². The van der Waals surface area contributed by atoms with Gasteiger partial charge in [-0.15, -0.1) is 0 Å². The molecule has 0 saturated carbocycles. The first kappa shape index (κ1) is 24.3. The van der Waals surface area contributed by atoms with E-state index >= 15 is 0 Å². The largest absolute Gasteiger partial charge is 0.294 e. The molecule has 0 unspecified atom stereocenters. The van der Waals surface area contributed by atoms with Gasteiger partial charge in [0.25, 0.3) is 0 Å². The highest BCUT2D eigenvalue weighted by Crippen LogP contribution is 2.63. The van der Waals surface area contributed by atoms with E-state index in [0.717, 1.165) is 21.2 Å². The highest BCUT2D eigenvalue weighted by atomic mass is 79.9. The molecule has 6 aromatic rings. The summed E-state index contributed by atoms with van der Waals surface area (Å²) in [6, 6.07) is 49.4. The van der Waals surface area contributed by atoms with Gasteiger partial charge < -0.3 is 0 Å². The van der Waals surface area contributed by atoms with Gasteiger partial charge in [-0.2, -0.15) is 0 Å². The summed E-state index contributed by atoms with van der Waals surface area (Å²) in [5.74, 6) is 0.119. The van der Waals surface area contributed by atoms with Crippen molar-refractivity contribution in [2.24, 2.45) is 0 Å². The van der Waals surface area contributed by atoms with Gasteiger partial charge >= 0.3 is 0 Å². The van der Waals surface area contributed by atoms with E-state index in [0.29, 0.717) is 6.42 Å². The normalized spacial score (nSPS) is 13.4. The van der Waals surface area contributed by atoms with Crippen LogP contribution in [0.2, 0.25) is 0 Å². The van der Waals surface area contributed by atoms with E-state index in [4.69, 9.17) is 0 Å². The number of hydrogen-bond acceptors (Lipinski definition) is 1. The lowest BCUT2D eigenvalue weighted by molar-refractivity contribution is 0.0993. The first-order valence-corrected chi connectivity index (χ1v) is 14.8. The molecular weight excluding hydrogens is 564 g/mol. The molecule has 0 bridgehead atoms. The van der Waals surface area contributed by atoms with Crippen LogP contribution in [-0.2, 0) is 11.8 Å². The fraction of sp³-hybridized carbons (Fsp3) is 0.0513. The number of carbonyl (C=O) groups excluding carboxylic acids is 1. The Morgan fingerprint density at radius 2 is 0.976 bits per heavy atom. The zero-order chi connectivity index (χ0) is 27.6. The zero-order valence-corrected chi connectivity index (χ0v) is 23.9. The topological polar surface area (TPSA) is 17.1 Å². The summed E-state index contributed by atoms with van der Waals surface area (Å²) in [5.41, 5.74) is 14.1. The van der Waals surface area contributed by atoms with Crippen molar-refractivity contribution in [2.45, 2.75) is 11.8 Å². The molecular formula is C39H25BrO. The van der Waals surface area contributed by atoms with Gasteiger partial charge in [-0.3, -0.25) is 4.79 Å². The number of carbonyl (C=O) groups is 1. The highest BCUT2D eigenvalue weighted by molar-refractivity contribution is 9.10. The summed E-state index contributed by atoms with van der Waals surface area (Å²) in [6.45, 7) is 0. The molecule has 0 aromatic heterocycles. The second kappa shape index (κ2) is 9.26. The molecule has 0 atom stereocenters. The standard InChI is InChI=1S/C39H25BrO/c40-27-22-20-25(21-23-27)37(41)24-26-10-1-2-11-28(26)31-15-9-19-36-38(31)32-14-5-8-18-35(32)39(36)33-16-6-3-12-29(33)30-13-4-7-17-34(30)39/h1-23H,24H2. The molecule has 0 radical (unpaired) electrons. The molecule has 0 amide bonds. The van der Waals surface area contributed by atoms with Crippen molar-refractivity contribution in [3.63, 3.8) is 0 Å². The van der Waals surface area contributed by atoms with Crippen LogP contribution in [0.25, 0.3) is 33.4 Å². The molecule has 0 aliphatic heterocycles. The molecule has 1 nitrogen and oxygen atoms in total. The zero-order valence-electron chi connectivity index (χ0n) is 22.3. The van der Waals surface area contributed by atoms with Crippen LogP contribution in [0.5, 0.6) is 0 Å². The van der Waals surface area contributed by atoms with Crippen LogP contribution in [0.15, 0.2) is 144 Å². The maximum Gasteiger partial charge on any atom is 0.167 e. The van der Waals surface area contributed by atoms with Crippen LogP contribution in [-0.4, -0.2) is 5.78 Å². The summed E-state index contributed by atoms with van der Waals surface area (Å²) in [6.07, 6.45) is 0.347. The lowest BCUT2D eigenvalue weighted by Crippen LogP contribution is -2.25. The average molecular weight is 590 g/mol. The molecule has 0 fully saturated rings. The molecule has 6 aromatic carbocycles. The van der Waals surface area contributed by atoms with Gasteiger partial charge in [-0.25, -0.2) is 0 Å². The van der Waals surface area contributed by atoms with E-state index in [-0.39, 0.29) is 11.2 Å². The predicted molar refractivity (Wildman–Crippen MR) is 170 cm³/mol. The number of fused-ring (bicyclic) bond motifs is 10. The highest BCUT2D eigenvalue weighted by Gasteiger charge is 2.51. The Morgan fingerprint density at radius 3 is 1.63 bits per heavy atom. The molecule has 8 rings (SSSR count). The smallest absolute Gasteiger partial charge is 0.167 e. The van der Waals surface area contributed by atoms with Gasteiger partial charge in [-0.05, 0) is 73.3 Å². The summed E-state index contributed by atoms with van der Waals surface area (Å²) >= 11 is 3.48. The van der Waals surface area contributed by atoms with Gasteiger partial charge in [0.15, 0.2) is 5.78 Å². The van der Waals surface area contributed by atoms with Crippen LogP contribution < -0.4 is 0 Å². The third-order valence-electron chi connectivity index (χ3n) is 8.85. The summed E-state index contributed by atoms with van der Waals surface area (Å²) < 4.78 is 0.969. The van der Waals surface area contributed by atoms with Gasteiger partial charge in [0.05, 0.1) is 5.41 Å². The van der Waals surface area contributed by atoms with E-state index in [1.54, 1.807) is 0 Å². The molecule has 0 saturated heterocycles. The van der Waals surface area contributed by atoms with E-state index < -0.39 is 0 Å². The number of ketones is 1. The second-order valence-corrected chi connectivity index (χ2v) is 11.8. The van der Waals surface area contributed by atoms with Crippen LogP contribution in [0, 0.1) is 0 Å². The van der Waals surface area contributed by atoms with Crippen molar-refractivity contribution >= 4 is 21.7 Å². The van der Waals surface area contributed by atoms with Crippen molar-refractivity contribution < 1.29 is 4.79 Å². The molecule has 2 heteroatoms. The first-order chi connectivity index (χ1) is 20.2. The van der Waals surface area contributed by atoms with Gasteiger partial charge in [0.2, 0.25) is 0 Å². The number of hydrogen-bond donors (Lipinski definition) is 0. The van der Waals surface area contributed by atoms with Crippen molar-refractivity contribution in [3.8, 4) is 33.4 Å². The Hall–Kier alpha value is -4.53. The summed E-state index contributed by atoms with van der Waals surface area (Å²) in [5, 5.41) is 0. The van der Waals surface area contributed by atoms with Crippen molar-refractivity contribution in [2.75, 3.05) is 0 Å². The summed E-state index contributed by atoms with van der Waals surface area (Å²) in [4.78, 5) is 13.4. The monoisotopic (exact) mass is 588 g/mol. The van der Waals surface area contributed by atoms with E-state index in [9.17, 15) is 4.79 Å². The molecule has 0 heterocycles. The number of Topliss-reactive ketones (excluding diaryl/α,β-unsaturated/α-hetero) is 1. The Bertz CT molecular complexity index is 1950. The molecule has 194 valence electrons. The summed E-state index contributed by atoms with van der Waals surface area (Å²) in [7, 11) is 0. The van der Waals surface area contributed by atoms with Gasteiger partial charge in [0.1, 0.15) is 0 Å². The van der Waals surface area contributed by atoms with Crippen molar-refractivity contribution in [1.29, 1.82) is 0 Å². The third kappa shape index (κ3) is 3.44. The van der Waals surface area contributed by atoms with Gasteiger partial charge in [0, 0.05) is 16.5 Å². The Kier molecular flexibility index (Phi) is 5.48. The maximum absolute atomic E-state index is 13.4. The second-order valence-electron chi connectivity index (χ2n) is 10.9. The molecule has 2 aliphatic carbocycles. The molecule has 1 spiro atoms. The van der Waals surface area contributed by atoms with E-state index in [1.165, 1.54) is 50.1 Å². The average Bonchev–Trinajstić information content (AvgIpc) is 3.49. The molecule has 41 heavy (non-hydrogen) atoms. The van der Waals surface area contributed by atoms with Gasteiger partial charge in [-0.1, -0.05) is 143 Å². The Balaban J connectivity index is 1.37. The van der Waals surface area contributed by atoms with E-state index in [1.807, 2.05) is 30.3 Å². The van der Waals surface area contributed by atoms with Crippen LogP contribution in [0.3, 0.4) is 0 Å². The van der Waals surface area contributed by atoms with Crippen molar-refractivity contribution in [1.82, 2.24) is 0 Å². The first-order valence-electron chi connectivity index (χ1n) is 14.0. The SMILES string of the molecule is O=C(Cc1ccccc1-c1cccc2c1-c1ccccc1C21c2ccccc2-c2ccccc21)c1ccc(Br)cc1. The Morgan fingerprint density at radius 1 is 0.488 bits per heavy atom. The lowest BCUT2D eigenvalue weighted by atomic mass is 9.70. The van der Waals surface area contributed by atoms with Crippen LogP contribution in [0.1, 0.15) is 38.2 Å². The number of rotatable bonds is 4. The number of halogens is 1. The fourth-order valence-corrected chi connectivity index (χ4v) is 7.48. The quantitative estimate of drug-likeness (QED) is 0.187. The number of benzene rings is 6. The van der Waals surface area contributed by atoms with Crippen LogP contribution in [0.4, 0.5) is 0 Å². The maximum atomic E-state index is 13.4. The minimum absolute atomic E-state index is 0.119.